The fraction of sp³-hybridized carbons (Fsp3) is 0.222. The third-order valence-electron chi connectivity index (χ3n) is 4.28. The summed E-state index contributed by atoms with van der Waals surface area (Å²) < 4.78 is 54.6. The van der Waals surface area contributed by atoms with Crippen LogP contribution in [0.15, 0.2) is 51.7 Å². The normalized spacial score (nSPS) is 12.7. The molecule has 3 aromatic heterocycles. The second-order valence-corrected chi connectivity index (χ2v) is 12.6. The molecule has 1 N–H and O–H groups in total. The zero-order valence-corrected chi connectivity index (χ0v) is 19.5. The number of fused-ring (bicyclic) bond motifs is 1. The molecule has 0 unspecified atom stereocenters. The summed E-state index contributed by atoms with van der Waals surface area (Å²) in [6.45, 7) is 3.84. The van der Waals surface area contributed by atoms with Crippen molar-refractivity contribution >= 4 is 57.9 Å². The summed E-state index contributed by atoms with van der Waals surface area (Å²) >= 11 is 2.48. The largest absolute Gasteiger partial charge is 0.268 e. The van der Waals surface area contributed by atoms with Gasteiger partial charge in [0.05, 0.1) is 20.0 Å². The van der Waals surface area contributed by atoms with E-state index in [4.69, 9.17) is 0 Å². The Morgan fingerprint density at radius 2 is 1.90 bits per heavy atom. The molecule has 0 aliphatic carbocycles. The average Bonchev–Trinajstić information content (AvgIpc) is 3.37. The number of nitrogens with zero attached hydrogens (tertiary/aromatic N) is 3. The van der Waals surface area contributed by atoms with Gasteiger partial charge in [0.15, 0.2) is 15.0 Å². The molecule has 0 aliphatic rings. The Kier molecular flexibility index (Phi) is 5.21. The van der Waals surface area contributed by atoms with Crippen LogP contribution in [0.25, 0.3) is 20.8 Å². The summed E-state index contributed by atoms with van der Waals surface area (Å²) in [6.07, 6.45) is 2.63. The maximum absolute atomic E-state index is 13.2. The van der Waals surface area contributed by atoms with Crippen LogP contribution in [-0.4, -0.2) is 37.9 Å². The summed E-state index contributed by atoms with van der Waals surface area (Å²) in [5, 5.41) is 6.48. The van der Waals surface area contributed by atoms with Gasteiger partial charge in [-0.15, -0.1) is 11.3 Å². The second kappa shape index (κ2) is 7.45. The zero-order valence-electron chi connectivity index (χ0n) is 16.2. The molecular formula is C18H18N4O4S4. The molecule has 0 fully saturated rings. The molecule has 30 heavy (non-hydrogen) atoms. The maximum atomic E-state index is 13.2. The highest BCUT2D eigenvalue weighted by Crippen LogP contribution is 2.34. The number of sulfonamides is 1. The quantitative estimate of drug-likeness (QED) is 0.445. The van der Waals surface area contributed by atoms with Gasteiger partial charge in [0.2, 0.25) is 0 Å². The van der Waals surface area contributed by atoms with Crippen molar-refractivity contribution in [1.82, 2.24) is 14.8 Å². The molecular weight excluding hydrogens is 464 g/mol. The average molecular weight is 483 g/mol. The zero-order chi connectivity index (χ0) is 21.7. The first-order valence-electron chi connectivity index (χ1n) is 8.81. The molecule has 0 bridgehead atoms. The van der Waals surface area contributed by atoms with Crippen molar-refractivity contribution < 1.29 is 16.8 Å². The lowest BCUT2D eigenvalue weighted by molar-refractivity contribution is 0.532. The number of hydrogen-bond acceptors (Lipinski definition) is 8. The fourth-order valence-electron chi connectivity index (χ4n) is 2.77. The minimum atomic E-state index is -3.97. The number of rotatable bonds is 6. The molecule has 0 saturated heterocycles. The monoisotopic (exact) mass is 482 g/mol. The van der Waals surface area contributed by atoms with Crippen LogP contribution in [0.4, 0.5) is 5.13 Å². The van der Waals surface area contributed by atoms with E-state index in [1.807, 2.05) is 31.4 Å². The van der Waals surface area contributed by atoms with Crippen molar-refractivity contribution in [3.05, 3.63) is 41.9 Å². The van der Waals surface area contributed by atoms with Gasteiger partial charge >= 0.3 is 0 Å². The number of aromatic nitrogens is 3. The Balaban J connectivity index is 1.75. The third kappa shape index (κ3) is 4.00. The van der Waals surface area contributed by atoms with Crippen molar-refractivity contribution in [1.29, 1.82) is 0 Å². The maximum Gasteiger partial charge on any atom is 0.267 e. The lowest BCUT2D eigenvalue weighted by Crippen LogP contribution is -2.13. The lowest BCUT2D eigenvalue weighted by Gasteiger charge is -2.04. The Bertz CT molecular complexity index is 1430. The van der Waals surface area contributed by atoms with Crippen LogP contribution in [0.1, 0.15) is 19.9 Å². The van der Waals surface area contributed by atoms with E-state index in [-0.39, 0.29) is 21.0 Å². The molecule has 3 heterocycles. The van der Waals surface area contributed by atoms with Crippen LogP contribution in [0, 0.1) is 0 Å². The first-order chi connectivity index (χ1) is 14.0. The summed E-state index contributed by atoms with van der Waals surface area (Å²) in [5.74, 6) is 0. The number of hydrogen-bond donors (Lipinski definition) is 1. The van der Waals surface area contributed by atoms with E-state index < -0.39 is 19.9 Å². The molecule has 158 valence electrons. The van der Waals surface area contributed by atoms with Gasteiger partial charge in [-0.05, 0) is 43.5 Å². The van der Waals surface area contributed by atoms with Crippen molar-refractivity contribution in [3.8, 4) is 10.6 Å². The predicted molar refractivity (Wildman–Crippen MR) is 119 cm³/mol. The van der Waals surface area contributed by atoms with Gasteiger partial charge < -0.3 is 0 Å². The third-order valence-corrected chi connectivity index (χ3v) is 8.67. The smallest absolute Gasteiger partial charge is 0.267 e. The Hall–Kier alpha value is -2.28. The van der Waals surface area contributed by atoms with Crippen molar-refractivity contribution in [3.63, 3.8) is 0 Å². The van der Waals surface area contributed by atoms with Crippen LogP contribution in [0.5, 0.6) is 0 Å². The van der Waals surface area contributed by atoms with Crippen LogP contribution in [0.2, 0.25) is 0 Å². The molecule has 0 spiro atoms. The summed E-state index contributed by atoms with van der Waals surface area (Å²) in [7, 11) is -7.33. The summed E-state index contributed by atoms with van der Waals surface area (Å²) in [5.41, 5.74) is 0.896. The molecule has 4 aromatic rings. The van der Waals surface area contributed by atoms with Crippen molar-refractivity contribution in [2.45, 2.75) is 29.7 Å². The van der Waals surface area contributed by atoms with E-state index >= 15 is 0 Å². The molecule has 0 saturated carbocycles. The van der Waals surface area contributed by atoms with Gasteiger partial charge in [-0.1, -0.05) is 17.4 Å². The first kappa shape index (κ1) is 21.0. The molecule has 0 amide bonds. The van der Waals surface area contributed by atoms with E-state index in [2.05, 4.69) is 14.8 Å². The number of benzene rings is 1. The van der Waals surface area contributed by atoms with Gasteiger partial charge in [0.25, 0.3) is 10.0 Å². The minimum absolute atomic E-state index is 0.00970. The Labute approximate surface area is 182 Å². The number of nitrogens with one attached hydrogen (secondary N) is 1. The molecule has 0 radical (unpaired) electrons. The van der Waals surface area contributed by atoms with E-state index in [1.54, 1.807) is 10.7 Å². The first-order valence-corrected chi connectivity index (χ1v) is 13.9. The highest BCUT2D eigenvalue weighted by atomic mass is 32.2. The molecule has 0 aliphatic heterocycles. The van der Waals surface area contributed by atoms with E-state index in [0.717, 1.165) is 22.5 Å². The van der Waals surface area contributed by atoms with E-state index in [0.29, 0.717) is 15.9 Å². The highest BCUT2D eigenvalue weighted by Gasteiger charge is 2.26. The Morgan fingerprint density at radius 1 is 1.13 bits per heavy atom. The molecule has 1 aromatic carbocycles. The number of anilines is 1. The number of sulfone groups is 1. The van der Waals surface area contributed by atoms with Gasteiger partial charge in [-0.3, -0.25) is 9.40 Å². The SMILES string of the molecule is CC(C)n1cc(S(=O)(=O)Nc2nc3ccc(S(C)(=O)=O)cc3s2)c(-c2cccs2)n1. The second-order valence-electron chi connectivity index (χ2n) is 6.92. The van der Waals surface area contributed by atoms with Gasteiger partial charge in [-0.2, -0.15) is 5.10 Å². The lowest BCUT2D eigenvalue weighted by atomic mass is 10.3. The highest BCUT2D eigenvalue weighted by molar-refractivity contribution is 7.93. The fourth-order valence-corrected chi connectivity index (χ4v) is 6.57. The summed E-state index contributed by atoms with van der Waals surface area (Å²) in [6, 6.07) is 8.16. The predicted octanol–water partition coefficient (Wildman–Crippen LogP) is 4.01. The topological polar surface area (TPSA) is 111 Å². The van der Waals surface area contributed by atoms with Crippen molar-refractivity contribution in [2.75, 3.05) is 11.0 Å². The minimum Gasteiger partial charge on any atom is -0.268 e. The molecule has 0 atom stereocenters. The van der Waals surface area contributed by atoms with Crippen LogP contribution in [-0.2, 0) is 19.9 Å². The molecule has 8 nitrogen and oxygen atoms in total. The van der Waals surface area contributed by atoms with E-state index in [9.17, 15) is 16.8 Å². The van der Waals surface area contributed by atoms with Gasteiger partial charge in [0.1, 0.15) is 10.6 Å². The van der Waals surface area contributed by atoms with Crippen LogP contribution < -0.4 is 4.72 Å². The molecule has 12 heteroatoms. The number of thiazole rings is 1. The number of thiophene rings is 1. The van der Waals surface area contributed by atoms with Gasteiger partial charge in [0, 0.05) is 18.5 Å². The van der Waals surface area contributed by atoms with E-state index in [1.165, 1.54) is 29.7 Å². The van der Waals surface area contributed by atoms with Gasteiger partial charge in [-0.25, -0.2) is 21.8 Å². The van der Waals surface area contributed by atoms with Crippen LogP contribution >= 0.6 is 22.7 Å². The summed E-state index contributed by atoms with van der Waals surface area (Å²) in [4.78, 5) is 5.26. The molecule has 4 rings (SSSR count). The van der Waals surface area contributed by atoms with Crippen LogP contribution in [0.3, 0.4) is 0 Å². The Morgan fingerprint density at radius 3 is 2.53 bits per heavy atom. The standard InChI is InChI=1S/C18H18N4O4S4/c1-11(2)22-10-16(17(20-22)14-5-4-8-27-14)30(25,26)21-18-19-13-7-6-12(29(3,23)24)9-15(13)28-18/h4-11H,1-3H3,(H,19,21). The van der Waals surface area contributed by atoms with Crippen molar-refractivity contribution in [2.24, 2.45) is 0 Å².